The molecule has 196 valence electrons. The molecule has 1 aliphatic rings. The number of carbonyl (C=O) groups is 2. The number of urea groups is 1. The van der Waals surface area contributed by atoms with Gasteiger partial charge in [-0.05, 0) is 49.2 Å². The van der Waals surface area contributed by atoms with Gasteiger partial charge in [0.1, 0.15) is 28.4 Å². The van der Waals surface area contributed by atoms with Crippen LogP contribution in [0.15, 0.2) is 46.9 Å². The number of hydrogen-bond donors (Lipinski definition) is 2. The topological polar surface area (TPSA) is 135 Å². The van der Waals surface area contributed by atoms with Gasteiger partial charge >= 0.3 is 12.0 Å². The number of hydrogen-bond acceptors (Lipinski definition) is 8. The van der Waals surface area contributed by atoms with E-state index in [1.807, 2.05) is 12.1 Å². The quantitative estimate of drug-likeness (QED) is 0.358. The minimum Gasteiger partial charge on any atom is -0.497 e. The summed E-state index contributed by atoms with van der Waals surface area (Å²) in [7, 11) is 5.86. The average molecular weight is 512 g/mol. The fraction of sp³-hybridized carbons (Fsp3) is 0.346. The molecule has 2 heterocycles. The van der Waals surface area contributed by atoms with Gasteiger partial charge < -0.3 is 28.6 Å². The lowest BCUT2D eigenvalue weighted by atomic mass is 9.78. The molecule has 2 amide bonds. The normalized spacial score (nSPS) is 14.7. The number of oxazole rings is 1. The lowest BCUT2D eigenvalue weighted by molar-refractivity contribution is -0.147. The van der Waals surface area contributed by atoms with Crippen molar-refractivity contribution in [1.29, 1.82) is 0 Å². The van der Waals surface area contributed by atoms with Crippen LogP contribution in [0, 0.1) is 0 Å². The highest BCUT2D eigenvalue weighted by molar-refractivity contribution is 5.84. The Morgan fingerprint density at radius 1 is 1.00 bits per heavy atom. The summed E-state index contributed by atoms with van der Waals surface area (Å²) >= 11 is 0. The number of piperidine rings is 1. The molecule has 11 nitrogen and oxygen atoms in total. The van der Waals surface area contributed by atoms with Gasteiger partial charge in [-0.3, -0.25) is 10.0 Å². The standard InChI is InChI=1S/C26H29N3O8/c1-28(33)25(32)29-13-11-26(12-14-29,24(30)31)23-27-21(16-5-7-17(34-2)8-6-16)22(37-23)19-10-9-18(35-3)15-20(19)36-4/h5-10,15,33H,11-14H2,1-4H3,(H,30,31). The Labute approximate surface area is 213 Å². The van der Waals surface area contributed by atoms with E-state index in [4.69, 9.17) is 23.6 Å². The van der Waals surface area contributed by atoms with Crippen LogP contribution in [0.25, 0.3) is 22.6 Å². The molecule has 37 heavy (non-hydrogen) atoms. The molecule has 2 N–H and O–H groups in total. The summed E-state index contributed by atoms with van der Waals surface area (Å²) in [4.78, 5) is 31.0. The molecule has 0 radical (unpaired) electrons. The van der Waals surface area contributed by atoms with Crippen LogP contribution in [-0.4, -0.2) is 78.7 Å². The zero-order valence-electron chi connectivity index (χ0n) is 21.1. The third-order valence-corrected chi connectivity index (χ3v) is 6.63. The first-order valence-electron chi connectivity index (χ1n) is 11.6. The van der Waals surface area contributed by atoms with Gasteiger partial charge in [-0.1, -0.05) is 0 Å². The lowest BCUT2D eigenvalue weighted by Crippen LogP contribution is -2.51. The molecular formula is C26H29N3O8. The molecule has 11 heteroatoms. The summed E-state index contributed by atoms with van der Waals surface area (Å²) in [6.07, 6.45) is 0.118. The average Bonchev–Trinajstić information content (AvgIpc) is 3.37. The van der Waals surface area contributed by atoms with Gasteiger partial charge in [0, 0.05) is 31.8 Å². The highest BCUT2D eigenvalue weighted by Crippen LogP contribution is 2.44. The van der Waals surface area contributed by atoms with E-state index in [0.29, 0.717) is 44.9 Å². The van der Waals surface area contributed by atoms with E-state index in [1.165, 1.54) is 19.1 Å². The van der Waals surface area contributed by atoms with Crippen molar-refractivity contribution in [3.05, 3.63) is 48.4 Å². The Bertz CT molecular complexity index is 1280. The van der Waals surface area contributed by atoms with Crippen molar-refractivity contribution in [1.82, 2.24) is 14.9 Å². The van der Waals surface area contributed by atoms with Gasteiger partial charge in [0.2, 0.25) is 5.89 Å². The highest BCUT2D eigenvalue weighted by Gasteiger charge is 2.49. The zero-order chi connectivity index (χ0) is 26.7. The van der Waals surface area contributed by atoms with E-state index in [2.05, 4.69) is 0 Å². The van der Waals surface area contributed by atoms with E-state index in [9.17, 15) is 19.9 Å². The van der Waals surface area contributed by atoms with Crippen molar-refractivity contribution in [3.8, 4) is 39.8 Å². The molecule has 2 aromatic carbocycles. The number of hydroxylamine groups is 2. The molecular weight excluding hydrogens is 482 g/mol. The SMILES string of the molecule is COc1ccc(-c2nc(C3(C(=O)O)CCN(C(=O)N(C)O)CC3)oc2-c2ccc(OC)cc2OC)cc1. The Balaban J connectivity index is 1.84. The molecule has 4 rings (SSSR count). The van der Waals surface area contributed by atoms with E-state index in [0.717, 1.165) is 0 Å². The number of likely N-dealkylation sites (tertiary alicyclic amines) is 1. The number of ether oxygens (including phenoxy) is 3. The first kappa shape index (κ1) is 25.8. The number of carbonyl (C=O) groups excluding carboxylic acids is 1. The minimum absolute atomic E-state index is 0.0307. The molecule has 0 spiro atoms. The minimum atomic E-state index is -1.47. The Hall–Kier alpha value is -4.25. The second-order valence-electron chi connectivity index (χ2n) is 8.67. The molecule has 0 aliphatic carbocycles. The van der Waals surface area contributed by atoms with Crippen molar-refractivity contribution in [3.63, 3.8) is 0 Å². The molecule has 3 aromatic rings. The lowest BCUT2D eigenvalue weighted by Gasteiger charge is -2.37. The summed E-state index contributed by atoms with van der Waals surface area (Å²) < 4.78 is 22.4. The predicted octanol–water partition coefficient (Wildman–Crippen LogP) is 3.89. The smallest absolute Gasteiger partial charge is 0.343 e. The molecule has 1 fully saturated rings. The molecule has 1 saturated heterocycles. The van der Waals surface area contributed by atoms with Crippen LogP contribution in [0.1, 0.15) is 18.7 Å². The van der Waals surface area contributed by atoms with E-state index < -0.39 is 17.4 Å². The third-order valence-electron chi connectivity index (χ3n) is 6.63. The van der Waals surface area contributed by atoms with Gasteiger partial charge in [-0.25, -0.2) is 14.8 Å². The molecule has 0 unspecified atom stereocenters. The van der Waals surface area contributed by atoms with Crippen molar-refractivity contribution in [2.45, 2.75) is 18.3 Å². The zero-order valence-corrected chi connectivity index (χ0v) is 21.1. The predicted molar refractivity (Wildman–Crippen MR) is 132 cm³/mol. The second-order valence-corrected chi connectivity index (χ2v) is 8.67. The van der Waals surface area contributed by atoms with Gasteiger partial charge in [-0.2, -0.15) is 0 Å². The molecule has 1 aliphatic heterocycles. The van der Waals surface area contributed by atoms with E-state index >= 15 is 0 Å². The maximum atomic E-state index is 12.6. The Morgan fingerprint density at radius 2 is 1.62 bits per heavy atom. The van der Waals surface area contributed by atoms with Crippen LogP contribution < -0.4 is 14.2 Å². The molecule has 0 atom stereocenters. The van der Waals surface area contributed by atoms with Gasteiger partial charge in [-0.15, -0.1) is 0 Å². The number of aromatic nitrogens is 1. The van der Waals surface area contributed by atoms with Gasteiger partial charge in [0.15, 0.2) is 5.76 Å². The Kier molecular flexibility index (Phi) is 7.25. The fourth-order valence-corrected chi connectivity index (χ4v) is 4.44. The Morgan fingerprint density at radius 3 is 2.16 bits per heavy atom. The monoisotopic (exact) mass is 511 g/mol. The molecule has 0 saturated carbocycles. The van der Waals surface area contributed by atoms with Gasteiger partial charge in [0.05, 0.1) is 26.9 Å². The van der Waals surface area contributed by atoms with Crippen LogP contribution in [0.4, 0.5) is 4.79 Å². The first-order valence-corrected chi connectivity index (χ1v) is 11.6. The maximum absolute atomic E-state index is 12.6. The number of benzene rings is 2. The van der Waals surface area contributed by atoms with Crippen LogP contribution in [-0.2, 0) is 10.2 Å². The number of nitrogens with zero attached hydrogens (tertiary/aromatic N) is 3. The summed E-state index contributed by atoms with van der Waals surface area (Å²) in [5.41, 5.74) is 0.237. The molecule has 0 bridgehead atoms. The summed E-state index contributed by atoms with van der Waals surface area (Å²) in [5, 5.41) is 20.3. The maximum Gasteiger partial charge on any atom is 0.343 e. The van der Waals surface area contributed by atoms with Gasteiger partial charge in [0.25, 0.3) is 0 Å². The number of rotatable bonds is 7. The van der Waals surface area contributed by atoms with Crippen LogP contribution >= 0.6 is 0 Å². The highest BCUT2D eigenvalue weighted by atomic mass is 16.5. The number of methoxy groups -OCH3 is 3. The largest absolute Gasteiger partial charge is 0.497 e. The van der Waals surface area contributed by atoms with Crippen molar-refractivity contribution in [2.24, 2.45) is 0 Å². The summed E-state index contributed by atoms with van der Waals surface area (Å²) in [6.45, 7) is 0.217. The summed E-state index contributed by atoms with van der Waals surface area (Å²) in [6, 6.07) is 11.8. The van der Waals surface area contributed by atoms with Crippen LogP contribution in [0.5, 0.6) is 17.2 Å². The number of amides is 2. The summed E-state index contributed by atoms with van der Waals surface area (Å²) in [5.74, 6) is 0.973. The van der Waals surface area contributed by atoms with Crippen molar-refractivity contribution >= 4 is 12.0 Å². The van der Waals surface area contributed by atoms with Crippen LogP contribution in [0.3, 0.4) is 0 Å². The number of carboxylic acid groups (broad SMARTS) is 1. The number of aliphatic carboxylic acids is 1. The molecule has 1 aromatic heterocycles. The van der Waals surface area contributed by atoms with E-state index in [-0.39, 0.29) is 31.8 Å². The third kappa shape index (κ3) is 4.77. The second kappa shape index (κ2) is 10.4. The first-order chi connectivity index (χ1) is 17.7. The van der Waals surface area contributed by atoms with Crippen molar-refractivity contribution in [2.75, 3.05) is 41.5 Å². The number of carboxylic acids is 1. The van der Waals surface area contributed by atoms with Crippen LogP contribution in [0.2, 0.25) is 0 Å². The van der Waals surface area contributed by atoms with E-state index in [1.54, 1.807) is 44.6 Å². The van der Waals surface area contributed by atoms with Crippen molar-refractivity contribution < 1.29 is 38.5 Å². The fourth-order valence-electron chi connectivity index (χ4n) is 4.44.